The average molecular weight is 433 g/mol. The summed E-state index contributed by atoms with van der Waals surface area (Å²) in [6, 6.07) is 13.4. The summed E-state index contributed by atoms with van der Waals surface area (Å²) < 4.78 is 6.51. The molecule has 32 heavy (non-hydrogen) atoms. The van der Waals surface area contributed by atoms with Crippen molar-refractivity contribution in [3.63, 3.8) is 0 Å². The molecule has 1 N–H and O–H groups in total. The van der Waals surface area contributed by atoms with Gasteiger partial charge in [0.05, 0.1) is 22.6 Å². The van der Waals surface area contributed by atoms with E-state index >= 15 is 0 Å². The second-order valence-corrected chi connectivity index (χ2v) is 7.34. The van der Waals surface area contributed by atoms with Crippen LogP contribution in [0.2, 0.25) is 0 Å². The number of ether oxygens (including phenoxy) is 1. The Kier molecular flexibility index (Phi) is 5.71. The van der Waals surface area contributed by atoms with E-state index < -0.39 is 10.9 Å². The highest BCUT2D eigenvalue weighted by atomic mass is 16.6. The Bertz CT molecular complexity index is 1290. The molecular formula is C21H19N7O4. The maximum Gasteiger partial charge on any atom is 0.356 e. The first-order valence-electron chi connectivity index (χ1n) is 9.78. The lowest BCUT2D eigenvalue weighted by Gasteiger charge is -2.10. The number of para-hydroxylation sites is 1. The normalized spacial score (nSPS) is 11.0. The molecule has 0 bridgehead atoms. The number of carbonyl (C=O) groups excluding carboxylic acids is 1. The Balaban J connectivity index is 1.64. The molecule has 11 nitrogen and oxygen atoms in total. The minimum absolute atomic E-state index is 0.0184. The van der Waals surface area contributed by atoms with Gasteiger partial charge in [0.25, 0.3) is 0 Å². The van der Waals surface area contributed by atoms with Crippen LogP contribution in [0.4, 0.5) is 17.2 Å². The SMILES string of the molecule is CC(C)COC(=O)c1ccc(Nc2ncnc(-n3nnc4ccccc43)c2[N+](=O)[O-])cc1. The molecule has 0 aliphatic heterocycles. The Morgan fingerprint density at radius 3 is 2.62 bits per heavy atom. The largest absolute Gasteiger partial charge is 0.462 e. The summed E-state index contributed by atoms with van der Waals surface area (Å²) in [5, 5.41) is 22.8. The summed E-state index contributed by atoms with van der Waals surface area (Å²) >= 11 is 0. The Hall–Kier alpha value is -4.41. The van der Waals surface area contributed by atoms with Crippen molar-refractivity contribution in [1.29, 1.82) is 0 Å². The fourth-order valence-electron chi connectivity index (χ4n) is 2.96. The minimum Gasteiger partial charge on any atom is -0.462 e. The number of esters is 1. The summed E-state index contributed by atoms with van der Waals surface area (Å²) in [6.07, 6.45) is 1.21. The fraction of sp³-hybridized carbons (Fsp3) is 0.190. The molecule has 0 saturated carbocycles. The number of rotatable bonds is 7. The third-order valence-corrected chi connectivity index (χ3v) is 4.47. The maximum atomic E-state index is 12.1. The summed E-state index contributed by atoms with van der Waals surface area (Å²) in [5.41, 5.74) is 1.67. The van der Waals surface area contributed by atoms with E-state index in [1.165, 1.54) is 11.0 Å². The van der Waals surface area contributed by atoms with Crippen molar-refractivity contribution in [3.8, 4) is 5.82 Å². The van der Waals surface area contributed by atoms with E-state index in [0.717, 1.165) is 0 Å². The molecule has 162 valence electrons. The molecule has 2 aromatic heterocycles. The predicted octanol–water partition coefficient (Wildman–Crippen LogP) is 3.68. The second-order valence-electron chi connectivity index (χ2n) is 7.34. The molecule has 0 aliphatic rings. The van der Waals surface area contributed by atoms with Gasteiger partial charge in [-0.3, -0.25) is 10.1 Å². The molecule has 4 aromatic rings. The number of benzene rings is 2. The van der Waals surface area contributed by atoms with Gasteiger partial charge in [0.1, 0.15) is 11.8 Å². The molecule has 0 unspecified atom stereocenters. The predicted molar refractivity (Wildman–Crippen MR) is 116 cm³/mol. The van der Waals surface area contributed by atoms with Crippen molar-refractivity contribution in [3.05, 3.63) is 70.5 Å². The van der Waals surface area contributed by atoms with Gasteiger partial charge in [-0.2, -0.15) is 4.68 Å². The molecular weight excluding hydrogens is 414 g/mol. The zero-order chi connectivity index (χ0) is 22.7. The van der Waals surface area contributed by atoms with Crippen LogP contribution in [-0.2, 0) is 4.74 Å². The number of fused-ring (bicyclic) bond motifs is 1. The Labute approximate surface area is 182 Å². The zero-order valence-electron chi connectivity index (χ0n) is 17.3. The highest BCUT2D eigenvalue weighted by Crippen LogP contribution is 2.31. The fourth-order valence-corrected chi connectivity index (χ4v) is 2.96. The van der Waals surface area contributed by atoms with Crippen LogP contribution in [0.5, 0.6) is 0 Å². The summed E-state index contributed by atoms with van der Waals surface area (Å²) in [4.78, 5) is 31.5. The molecule has 4 rings (SSSR count). The number of nitrogens with one attached hydrogen (secondary N) is 1. The molecule has 0 fully saturated rings. The van der Waals surface area contributed by atoms with Crippen molar-refractivity contribution in [2.45, 2.75) is 13.8 Å². The standard InChI is InChI=1S/C21H19N7O4/c1-13(2)11-32-21(29)14-7-9-15(10-8-14)24-19-18(28(30)31)20(23-12-22-19)27-17-6-4-3-5-16(17)25-26-27/h3-10,12-13H,11H2,1-2H3,(H,22,23,24). The van der Waals surface area contributed by atoms with Gasteiger partial charge >= 0.3 is 11.7 Å². The van der Waals surface area contributed by atoms with Crippen LogP contribution in [0.3, 0.4) is 0 Å². The molecule has 0 spiro atoms. The van der Waals surface area contributed by atoms with E-state index in [-0.39, 0.29) is 23.2 Å². The first kappa shape index (κ1) is 20.8. The number of aromatic nitrogens is 5. The molecule has 11 heteroatoms. The third kappa shape index (κ3) is 4.21. The van der Waals surface area contributed by atoms with Crippen LogP contribution in [0.15, 0.2) is 54.9 Å². The molecule has 0 aliphatic carbocycles. The average Bonchev–Trinajstić information content (AvgIpc) is 3.21. The summed E-state index contributed by atoms with van der Waals surface area (Å²) in [7, 11) is 0. The molecule has 0 amide bonds. The van der Waals surface area contributed by atoms with Gasteiger partial charge in [-0.15, -0.1) is 5.10 Å². The van der Waals surface area contributed by atoms with E-state index in [9.17, 15) is 14.9 Å². The number of nitrogens with zero attached hydrogens (tertiary/aromatic N) is 6. The number of carbonyl (C=O) groups is 1. The van der Waals surface area contributed by atoms with E-state index in [0.29, 0.717) is 28.9 Å². The third-order valence-electron chi connectivity index (χ3n) is 4.47. The Morgan fingerprint density at radius 2 is 1.91 bits per heavy atom. The topological polar surface area (TPSA) is 138 Å². The first-order valence-corrected chi connectivity index (χ1v) is 9.78. The van der Waals surface area contributed by atoms with Gasteiger partial charge in [-0.25, -0.2) is 14.8 Å². The molecule has 0 atom stereocenters. The lowest BCUT2D eigenvalue weighted by molar-refractivity contribution is -0.384. The number of nitro groups is 1. The minimum atomic E-state index is -0.578. The van der Waals surface area contributed by atoms with Crippen LogP contribution in [0.1, 0.15) is 24.2 Å². The van der Waals surface area contributed by atoms with E-state index in [1.807, 2.05) is 13.8 Å². The second kappa shape index (κ2) is 8.76. The van der Waals surface area contributed by atoms with Gasteiger partial charge < -0.3 is 10.1 Å². The molecule has 2 heterocycles. The van der Waals surface area contributed by atoms with Crippen LogP contribution < -0.4 is 5.32 Å². The van der Waals surface area contributed by atoms with Gasteiger partial charge in [-0.1, -0.05) is 31.2 Å². The Morgan fingerprint density at radius 1 is 1.16 bits per heavy atom. The highest BCUT2D eigenvalue weighted by molar-refractivity contribution is 5.90. The summed E-state index contributed by atoms with van der Waals surface area (Å²) in [5.74, 6) is -0.238. The van der Waals surface area contributed by atoms with Gasteiger partial charge in [-0.05, 0) is 42.3 Å². The monoisotopic (exact) mass is 433 g/mol. The van der Waals surface area contributed by atoms with Crippen molar-refractivity contribution in [2.75, 3.05) is 11.9 Å². The van der Waals surface area contributed by atoms with Crippen molar-refractivity contribution in [2.24, 2.45) is 5.92 Å². The van der Waals surface area contributed by atoms with E-state index in [4.69, 9.17) is 4.74 Å². The van der Waals surface area contributed by atoms with Gasteiger partial charge in [0.15, 0.2) is 0 Å². The quantitative estimate of drug-likeness (QED) is 0.263. The molecule has 2 aromatic carbocycles. The lowest BCUT2D eigenvalue weighted by atomic mass is 10.2. The van der Waals surface area contributed by atoms with Gasteiger partial charge in [0.2, 0.25) is 11.6 Å². The number of hydrogen-bond acceptors (Lipinski definition) is 9. The van der Waals surface area contributed by atoms with E-state index in [2.05, 4.69) is 25.6 Å². The van der Waals surface area contributed by atoms with Gasteiger partial charge in [0, 0.05) is 5.69 Å². The van der Waals surface area contributed by atoms with Crippen LogP contribution in [0.25, 0.3) is 16.9 Å². The number of hydrogen-bond donors (Lipinski definition) is 1. The summed E-state index contributed by atoms with van der Waals surface area (Å²) in [6.45, 7) is 4.22. The van der Waals surface area contributed by atoms with Crippen molar-refractivity contribution < 1.29 is 14.5 Å². The first-order chi connectivity index (χ1) is 15.4. The smallest absolute Gasteiger partial charge is 0.356 e. The highest BCUT2D eigenvalue weighted by Gasteiger charge is 2.26. The zero-order valence-corrected chi connectivity index (χ0v) is 17.3. The van der Waals surface area contributed by atoms with E-state index in [1.54, 1.807) is 48.5 Å². The van der Waals surface area contributed by atoms with Crippen molar-refractivity contribution >= 4 is 34.2 Å². The van der Waals surface area contributed by atoms with Crippen molar-refractivity contribution in [1.82, 2.24) is 25.0 Å². The lowest BCUT2D eigenvalue weighted by Crippen LogP contribution is -2.10. The molecule has 0 radical (unpaired) electrons. The maximum absolute atomic E-state index is 12.1. The van der Waals surface area contributed by atoms with Crippen LogP contribution >= 0.6 is 0 Å². The van der Waals surface area contributed by atoms with Crippen LogP contribution in [0, 0.1) is 16.0 Å². The number of anilines is 2. The molecule has 0 saturated heterocycles. The van der Waals surface area contributed by atoms with Crippen LogP contribution in [-0.4, -0.2) is 42.5 Å².